The molecule has 0 spiro atoms. The van der Waals surface area contributed by atoms with Crippen molar-refractivity contribution in [2.45, 2.75) is 51.9 Å². The van der Waals surface area contributed by atoms with Crippen LogP contribution in [0.5, 0.6) is 5.75 Å². The van der Waals surface area contributed by atoms with Crippen LogP contribution in [0.1, 0.15) is 62.2 Å². The highest BCUT2D eigenvalue weighted by Gasteiger charge is 2.30. The van der Waals surface area contributed by atoms with Gasteiger partial charge in [0, 0.05) is 44.1 Å². The molecule has 158 valence electrons. The first-order chi connectivity index (χ1) is 14.1. The zero-order valence-corrected chi connectivity index (χ0v) is 17.4. The van der Waals surface area contributed by atoms with Gasteiger partial charge in [0.1, 0.15) is 5.75 Å². The number of hydrogen-bond donors (Lipinski definition) is 0. The largest absolute Gasteiger partial charge is 0.484 e. The van der Waals surface area contributed by atoms with Gasteiger partial charge in [-0.3, -0.25) is 14.4 Å². The minimum Gasteiger partial charge on any atom is -0.484 e. The van der Waals surface area contributed by atoms with Crippen LogP contribution in [0.4, 0.5) is 0 Å². The third-order valence-electron chi connectivity index (χ3n) is 5.97. The van der Waals surface area contributed by atoms with Gasteiger partial charge in [-0.2, -0.15) is 0 Å². The van der Waals surface area contributed by atoms with Crippen molar-refractivity contribution in [1.82, 2.24) is 9.80 Å². The molecule has 29 heavy (non-hydrogen) atoms. The summed E-state index contributed by atoms with van der Waals surface area (Å²) in [6, 6.07) is 6.90. The van der Waals surface area contributed by atoms with E-state index in [1.165, 1.54) is 12.8 Å². The summed E-state index contributed by atoms with van der Waals surface area (Å²) in [4.78, 5) is 40.7. The fourth-order valence-electron chi connectivity index (χ4n) is 4.10. The summed E-state index contributed by atoms with van der Waals surface area (Å²) >= 11 is 0. The Bertz CT molecular complexity index is 700. The standard InChI is InChI=1S/C23H32N2O4/c1-2-21(26)18-7-9-20(10-8-18)29-17-22(27)24-15-11-19(12-16-24)23(28)25-13-5-3-4-6-14-25/h7-10,19H,2-6,11-17H2,1H3. The molecule has 3 rings (SSSR count). The van der Waals surface area contributed by atoms with Crippen LogP contribution in [0.3, 0.4) is 0 Å². The van der Waals surface area contributed by atoms with Crippen LogP contribution in [0.25, 0.3) is 0 Å². The number of amides is 2. The van der Waals surface area contributed by atoms with Gasteiger partial charge in [0.05, 0.1) is 0 Å². The molecule has 2 heterocycles. The average molecular weight is 401 g/mol. The van der Waals surface area contributed by atoms with Crippen molar-refractivity contribution >= 4 is 17.6 Å². The molecule has 2 amide bonds. The number of benzene rings is 1. The molecule has 0 saturated carbocycles. The number of carbonyl (C=O) groups is 3. The first kappa shape index (κ1) is 21.3. The number of carbonyl (C=O) groups excluding carboxylic acids is 3. The molecule has 2 fully saturated rings. The average Bonchev–Trinajstić information content (AvgIpc) is 3.06. The Balaban J connectivity index is 1.42. The van der Waals surface area contributed by atoms with Crippen molar-refractivity contribution in [2.24, 2.45) is 5.92 Å². The monoisotopic (exact) mass is 400 g/mol. The molecule has 0 bridgehead atoms. The van der Waals surface area contributed by atoms with Gasteiger partial charge in [0.2, 0.25) is 5.91 Å². The molecule has 6 heteroatoms. The number of rotatable bonds is 6. The van der Waals surface area contributed by atoms with E-state index in [4.69, 9.17) is 4.74 Å². The third kappa shape index (κ3) is 5.81. The Labute approximate surface area is 173 Å². The SMILES string of the molecule is CCC(=O)c1ccc(OCC(=O)N2CCC(C(=O)N3CCCCCC3)CC2)cc1. The lowest BCUT2D eigenvalue weighted by Gasteiger charge is -2.34. The maximum Gasteiger partial charge on any atom is 0.260 e. The predicted octanol–water partition coefficient (Wildman–Crippen LogP) is 3.30. The quantitative estimate of drug-likeness (QED) is 0.687. The van der Waals surface area contributed by atoms with Crippen LogP contribution >= 0.6 is 0 Å². The summed E-state index contributed by atoms with van der Waals surface area (Å²) in [5, 5.41) is 0. The highest BCUT2D eigenvalue weighted by atomic mass is 16.5. The number of hydrogen-bond acceptors (Lipinski definition) is 4. The molecular formula is C23H32N2O4. The Hall–Kier alpha value is -2.37. The smallest absolute Gasteiger partial charge is 0.260 e. The molecule has 0 atom stereocenters. The molecule has 1 aromatic rings. The van der Waals surface area contributed by atoms with Crippen molar-refractivity contribution in [3.63, 3.8) is 0 Å². The van der Waals surface area contributed by atoms with Crippen LogP contribution < -0.4 is 4.74 Å². The topological polar surface area (TPSA) is 66.9 Å². The Morgan fingerprint density at radius 2 is 1.52 bits per heavy atom. The summed E-state index contributed by atoms with van der Waals surface area (Å²) in [5.74, 6) is 0.931. The van der Waals surface area contributed by atoms with Gasteiger partial charge in [-0.25, -0.2) is 0 Å². The summed E-state index contributed by atoms with van der Waals surface area (Å²) in [5.41, 5.74) is 0.655. The zero-order chi connectivity index (χ0) is 20.6. The van der Waals surface area contributed by atoms with Gasteiger partial charge in [-0.1, -0.05) is 19.8 Å². The molecule has 0 aromatic heterocycles. The van der Waals surface area contributed by atoms with Crippen molar-refractivity contribution in [2.75, 3.05) is 32.8 Å². The highest BCUT2D eigenvalue weighted by molar-refractivity contribution is 5.95. The second kappa shape index (κ2) is 10.4. The van der Waals surface area contributed by atoms with Crippen LogP contribution in [0.15, 0.2) is 24.3 Å². The van der Waals surface area contributed by atoms with Crippen LogP contribution in [-0.4, -0.2) is 60.2 Å². The molecule has 1 aromatic carbocycles. The number of nitrogens with zero attached hydrogens (tertiary/aromatic N) is 2. The maximum atomic E-state index is 12.8. The Morgan fingerprint density at radius 1 is 0.897 bits per heavy atom. The van der Waals surface area contributed by atoms with Gasteiger partial charge < -0.3 is 14.5 Å². The van der Waals surface area contributed by atoms with Gasteiger partial charge in [-0.05, 0) is 49.9 Å². The van der Waals surface area contributed by atoms with E-state index in [1.807, 2.05) is 11.8 Å². The Kier molecular flexibility index (Phi) is 7.67. The number of Topliss-reactive ketones (excluding diaryl/α,β-unsaturated/α-hetero) is 1. The molecule has 0 aliphatic carbocycles. The summed E-state index contributed by atoms with van der Waals surface area (Å²) < 4.78 is 5.60. The van der Waals surface area contributed by atoms with Crippen LogP contribution in [-0.2, 0) is 9.59 Å². The molecule has 0 unspecified atom stereocenters. The summed E-state index contributed by atoms with van der Waals surface area (Å²) in [6.07, 6.45) is 6.57. The predicted molar refractivity (Wildman–Crippen MR) is 111 cm³/mol. The lowest BCUT2D eigenvalue weighted by Crippen LogP contribution is -2.45. The van der Waals surface area contributed by atoms with Gasteiger partial charge >= 0.3 is 0 Å². The van der Waals surface area contributed by atoms with E-state index in [1.54, 1.807) is 29.2 Å². The molecule has 2 saturated heterocycles. The molecule has 2 aliphatic heterocycles. The lowest BCUT2D eigenvalue weighted by molar-refractivity contribution is -0.141. The molecule has 2 aliphatic rings. The van der Waals surface area contributed by atoms with Crippen LogP contribution in [0.2, 0.25) is 0 Å². The first-order valence-electron chi connectivity index (χ1n) is 10.9. The van der Waals surface area contributed by atoms with Crippen molar-refractivity contribution in [1.29, 1.82) is 0 Å². The lowest BCUT2D eigenvalue weighted by atomic mass is 9.95. The minimum atomic E-state index is -0.0561. The zero-order valence-electron chi connectivity index (χ0n) is 17.4. The van der Waals surface area contributed by atoms with E-state index in [2.05, 4.69) is 0 Å². The number of piperidine rings is 1. The summed E-state index contributed by atoms with van der Waals surface area (Å²) in [7, 11) is 0. The maximum absolute atomic E-state index is 12.8. The van der Waals surface area contributed by atoms with E-state index in [0.29, 0.717) is 30.8 Å². The van der Waals surface area contributed by atoms with Crippen molar-refractivity contribution in [3.8, 4) is 5.75 Å². The third-order valence-corrected chi connectivity index (χ3v) is 5.97. The van der Waals surface area contributed by atoms with Crippen molar-refractivity contribution in [3.05, 3.63) is 29.8 Å². The molecule has 6 nitrogen and oxygen atoms in total. The molecule has 0 N–H and O–H groups in total. The van der Waals surface area contributed by atoms with E-state index < -0.39 is 0 Å². The van der Waals surface area contributed by atoms with Gasteiger partial charge in [0.25, 0.3) is 5.91 Å². The minimum absolute atomic E-state index is 0.0220. The fraction of sp³-hybridized carbons (Fsp3) is 0.609. The fourth-order valence-corrected chi connectivity index (χ4v) is 4.10. The molecular weight excluding hydrogens is 368 g/mol. The second-order valence-electron chi connectivity index (χ2n) is 7.98. The normalized spacial score (nSPS) is 18.2. The molecule has 0 radical (unpaired) electrons. The van der Waals surface area contributed by atoms with Gasteiger partial charge in [-0.15, -0.1) is 0 Å². The number of ether oxygens (including phenoxy) is 1. The van der Waals surface area contributed by atoms with E-state index in [-0.39, 0.29) is 30.1 Å². The second-order valence-corrected chi connectivity index (χ2v) is 7.98. The highest BCUT2D eigenvalue weighted by Crippen LogP contribution is 2.22. The van der Waals surface area contributed by atoms with Crippen LogP contribution in [0, 0.1) is 5.92 Å². The summed E-state index contributed by atoms with van der Waals surface area (Å²) in [6.45, 7) is 4.79. The van der Waals surface area contributed by atoms with E-state index in [0.717, 1.165) is 38.8 Å². The first-order valence-corrected chi connectivity index (χ1v) is 10.9. The number of likely N-dealkylation sites (tertiary alicyclic amines) is 2. The van der Waals surface area contributed by atoms with E-state index in [9.17, 15) is 14.4 Å². The Morgan fingerprint density at radius 3 is 2.10 bits per heavy atom. The number of ketones is 1. The van der Waals surface area contributed by atoms with E-state index >= 15 is 0 Å². The van der Waals surface area contributed by atoms with Gasteiger partial charge in [0.15, 0.2) is 12.4 Å². The van der Waals surface area contributed by atoms with Crippen molar-refractivity contribution < 1.29 is 19.1 Å².